The summed E-state index contributed by atoms with van der Waals surface area (Å²) in [5.74, 6) is 0.342. The van der Waals surface area contributed by atoms with Gasteiger partial charge in [0.05, 0.1) is 24.8 Å². The minimum atomic E-state index is -0.661. The van der Waals surface area contributed by atoms with E-state index < -0.39 is 11.9 Å². The van der Waals surface area contributed by atoms with Crippen LogP contribution in [-0.2, 0) is 4.79 Å². The van der Waals surface area contributed by atoms with E-state index in [4.69, 9.17) is 30.3 Å². The molecule has 0 unspecified atom stereocenters. The highest BCUT2D eigenvalue weighted by atomic mass is 35.5. The number of halogens is 1. The Hall–Kier alpha value is -4.29. The Kier molecular flexibility index (Phi) is 7.33. The zero-order valence-electron chi connectivity index (χ0n) is 17.8. The quantitative estimate of drug-likeness (QED) is 0.234. The van der Waals surface area contributed by atoms with Crippen LogP contribution in [0, 0.1) is 18.3 Å². The molecule has 0 aliphatic heterocycles. The molecule has 0 spiro atoms. The topological polar surface area (TPSA) is 124 Å². The first-order chi connectivity index (χ1) is 15.8. The summed E-state index contributed by atoms with van der Waals surface area (Å²) in [6.45, 7) is 1.67. The molecule has 1 amide bonds. The van der Waals surface area contributed by atoms with Crippen molar-refractivity contribution in [3.8, 4) is 23.3 Å². The molecule has 0 saturated heterocycles. The van der Waals surface area contributed by atoms with Crippen LogP contribution in [0.25, 0.3) is 6.08 Å². The lowest BCUT2D eigenvalue weighted by molar-refractivity contribution is -0.112. The molecule has 0 aliphatic carbocycles. The van der Waals surface area contributed by atoms with Crippen LogP contribution in [0.3, 0.4) is 0 Å². The first-order valence-corrected chi connectivity index (χ1v) is 9.82. The van der Waals surface area contributed by atoms with Crippen LogP contribution >= 0.6 is 11.6 Å². The average molecular weight is 468 g/mol. The van der Waals surface area contributed by atoms with Crippen LogP contribution in [0.1, 0.15) is 21.7 Å². The molecule has 0 bridgehead atoms. The summed E-state index contributed by atoms with van der Waals surface area (Å²) in [5, 5.41) is 15.6. The third kappa shape index (κ3) is 5.70. The van der Waals surface area contributed by atoms with Crippen LogP contribution in [-0.4, -0.2) is 31.3 Å². The first kappa shape index (κ1) is 23.4. The fourth-order valence-corrected chi connectivity index (χ4v) is 2.96. The summed E-state index contributed by atoms with van der Waals surface area (Å²) in [6, 6.07) is 12.4. The molecule has 1 N–H and O–H groups in total. The van der Waals surface area contributed by atoms with Gasteiger partial charge >= 0.3 is 5.97 Å². The van der Waals surface area contributed by atoms with Crippen LogP contribution in [0.15, 0.2) is 52.6 Å². The molecular formula is C23H18ClN3O6. The lowest BCUT2D eigenvalue weighted by atomic mass is 10.1. The molecule has 0 radical (unpaired) electrons. The molecule has 9 nitrogen and oxygen atoms in total. The molecule has 10 heteroatoms. The van der Waals surface area contributed by atoms with Crippen molar-refractivity contribution in [1.82, 2.24) is 5.16 Å². The largest absolute Gasteiger partial charge is 0.493 e. The van der Waals surface area contributed by atoms with E-state index in [1.165, 1.54) is 50.6 Å². The van der Waals surface area contributed by atoms with Crippen LogP contribution in [0.2, 0.25) is 5.02 Å². The maximum Gasteiger partial charge on any atom is 0.343 e. The van der Waals surface area contributed by atoms with Gasteiger partial charge in [0.15, 0.2) is 17.3 Å². The third-order valence-corrected chi connectivity index (χ3v) is 4.62. The Morgan fingerprint density at radius 2 is 1.82 bits per heavy atom. The van der Waals surface area contributed by atoms with E-state index in [-0.39, 0.29) is 27.7 Å². The number of hydrogen-bond donors (Lipinski definition) is 1. The number of nitrogens with zero attached hydrogens (tertiary/aromatic N) is 2. The van der Waals surface area contributed by atoms with Gasteiger partial charge in [-0.1, -0.05) is 22.8 Å². The summed E-state index contributed by atoms with van der Waals surface area (Å²) in [5.41, 5.74) is 0.509. The number of methoxy groups -OCH3 is 2. The second kappa shape index (κ2) is 10.3. The Bertz CT molecular complexity index is 1280. The van der Waals surface area contributed by atoms with E-state index in [0.29, 0.717) is 22.8 Å². The van der Waals surface area contributed by atoms with Gasteiger partial charge in [-0.25, -0.2) is 4.79 Å². The number of carbonyl (C=O) groups excluding carboxylic acids is 2. The van der Waals surface area contributed by atoms with Gasteiger partial charge in [0, 0.05) is 6.07 Å². The summed E-state index contributed by atoms with van der Waals surface area (Å²) in [6.07, 6.45) is 1.34. The van der Waals surface area contributed by atoms with E-state index in [2.05, 4.69) is 10.5 Å². The number of benzene rings is 2. The number of nitriles is 1. The number of hydrogen-bond acceptors (Lipinski definition) is 8. The minimum Gasteiger partial charge on any atom is -0.493 e. The molecule has 1 aromatic heterocycles. The predicted molar refractivity (Wildman–Crippen MR) is 119 cm³/mol. The molecule has 1 heterocycles. The van der Waals surface area contributed by atoms with Gasteiger partial charge in [-0.3, -0.25) is 4.79 Å². The van der Waals surface area contributed by atoms with Crippen LogP contribution in [0.4, 0.5) is 5.82 Å². The zero-order chi connectivity index (χ0) is 24.0. The third-order valence-electron chi connectivity index (χ3n) is 4.32. The summed E-state index contributed by atoms with van der Waals surface area (Å²) in [4.78, 5) is 24.8. The van der Waals surface area contributed by atoms with E-state index in [1.807, 2.05) is 6.07 Å². The van der Waals surface area contributed by atoms with Gasteiger partial charge in [-0.15, -0.1) is 0 Å². The number of amides is 1. The molecule has 2 aromatic carbocycles. The van der Waals surface area contributed by atoms with Gasteiger partial charge in [0.25, 0.3) is 5.91 Å². The van der Waals surface area contributed by atoms with Crippen molar-refractivity contribution in [2.45, 2.75) is 6.92 Å². The predicted octanol–water partition coefficient (Wildman–Crippen LogP) is 4.42. The standard InChI is InChI=1S/C23H18ClN3O6/c1-13-8-21(27-33-13)26-22(28)16(12-25)9-14-4-6-18(17(24)10-14)32-23(29)15-5-7-19(30-2)20(11-15)31-3/h4-11H,1-3H3,(H,26,27,28). The number of nitrogens with one attached hydrogen (secondary N) is 1. The van der Waals surface area contributed by atoms with Gasteiger partial charge in [0.2, 0.25) is 0 Å². The van der Waals surface area contributed by atoms with Gasteiger partial charge in [-0.2, -0.15) is 5.26 Å². The lowest BCUT2D eigenvalue weighted by Crippen LogP contribution is -2.13. The second-order valence-electron chi connectivity index (χ2n) is 6.60. The number of carbonyl (C=O) groups is 2. The average Bonchev–Trinajstić information content (AvgIpc) is 3.22. The second-order valence-corrected chi connectivity index (χ2v) is 7.00. The smallest absolute Gasteiger partial charge is 0.343 e. The van der Waals surface area contributed by atoms with Gasteiger partial charge in [0.1, 0.15) is 23.2 Å². The molecule has 168 valence electrons. The van der Waals surface area contributed by atoms with Crippen LogP contribution < -0.4 is 19.5 Å². The van der Waals surface area contributed by atoms with Crippen molar-refractivity contribution in [3.63, 3.8) is 0 Å². The van der Waals surface area contributed by atoms with E-state index in [0.717, 1.165) is 0 Å². The summed E-state index contributed by atoms with van der Waals surface area (Å²) >= 11 is 6.25. The molecule has 0 atom stereocenters. The van der Waals surface area contributed by atoms with Crippen molar-refractivity contribution in [3.05, 3.63) is 69.9 Å². The van der Waals surface area contributed by atoms with Crippen molar-refractivity contribution in [2.75, 3.05) is 19.5 Å². The SMILES string of the molecule is COc1ccc(C(=O)Oc2ccc(C=C(C#N)C(=O)Nc3cc(C)on3)cc2Cl)cc1OC. The Morgan fingerprint density at radius 1 is 1.09 bits per heavy atom. The van der Waals surface area contributed by atoms with Crippen LogP contribution in [0.5, 0.6) is 17.2 Å². The molecule has 33 heavy (non-hydrogen) atoms. The Morgan fingerprint density at radius 3 is 2.42 bits per heavy atom. The van der Waals surface area contributed by atoms with Crippen molar-refractivity contribution in [2.24, 2.45) is 0 Å². The molecule has 3 aromatic rings. The molecule has 0 saturated carbocycles. The summed E-state index contributed by atoms with van der Waals surface area (Å²) < 4.78 is 20.6. The number of aromatic nitrogens is 1. The van der Waals surface area contributed by atoms with E-state index >= 15 is 0 Å². The summed E-state index contributed by atoms with van der Waals surface area (Å²) in [7, 11) is 2.95. The minimum absolute atomic E-state index is 0.106. The fraction of sp³-hybridized carbons (Fsp3) is 0.130. The maximum atomic E-state index is 12.5. The number of rotatable bonds is 7. The zero-order valence-corrected chi connectivity index (χ0v) is 18.6. The number of aryl methyl sites for hydroxylation is 1. The fourth-order valence-electron chi connectivity index (χ4n) is 2.74. The van der Waals surface area contributed by atoms with Gasteiger partial charge < -0.3 is 24.1 Å². The Balaban J connectivity index is 1.75. The molecular weight excluding hydrogens is 450 g/mol. The van der Waals surface area contributed by atoms with Gasteiger partial charge in [-0.05, 0) is 48.9 Å². The first-order valence-electron chi connectivity index (χ1n) is 9.44. The van der Waals surface area contributed by atoms with E-state index in [1.54, 1.807) is 19.1 Å². The molecule has 0 fully saturated rings. The van der Waals surface area contributed by atoms with Crippen molar-refractivity contribution >= 4 is 35.4 Å². The molecule has 3 rings (SSSR count). The highest BCUT2D eigenvalue weighted by Gasteiger charge is 2.16. The number of anilines is 1. The highest BCUT2D eigenvalue weighted by molar-refractivity contribution is 6.32. The number of ether oxygens (including phenoxy) is 3. The monoisotopic (exact) mass is 467 g/mol. The molecule has 0 aliphatic rings. The number of esters is 1. The van der Waals surface area contributed by atoms with E-state index in [9.17, 15) is 14.9 Å². The maximum absolute atomic E-state index is 12.5. The van der Waals surface area contributed by atoms with Crippen molar-refractivity contribution in [1.29, 1.82) is 5.26 Å². The Labute approximate surface area is 194 Å². The van der Waals surface area contributed by atoms with Crippen molar-refractivity contribution < 1.29 is 28.3 Å². The highest BCUT2D eigenvalue weighted by Crippen LogP contribution is 2.30. The lowest BCUT2D eigenvalue weighted by Gasteiger charge is -2.10. The normalized spacial score (nSPS) is 10.8.